The average Bonchev–Trinajstić information content (AvgIpc) is 2.93. The minimum atomic E-state index is -4.30. The number of amides is 2. The molecule has 3 rings (SSSR count). The van der Waals surface area contributed by atoms with Crippen molar-refractivity contribution < 1.29 is 22.9 Å². The number of nitrogens with zero attached hydrogens (tertiary/aromatic N) is 3. The Balaban J connectivity index is 2.10. The van der Waals surface area contributed by atoms with Gasteiger partial charge in [-0.2, -0.15) is 0 Å². The van der Waals surface area contributed by atoms with Crippen molar-refractivity contribution >= 4 is 56.4 Å². The van der Waals surface area contributed by atoms with Crippen molar-refractivity contribution in [3.8, 4) is 0 Å². The third kappa shape index (κ3) is 7.09. The van der Waals surface area contributed by atoms with Gasteiger partial charge >= 0.3 is 0 Å². The van der Waals surface area contributed by atoms with E-state index in [9.17, 15) is 28.1 Å². The quantitative estimate of drug-likeness (QED) is 0.227. The first-order valence-electron chi connectivity index (χ1n) is 12.3. The molecule has 10 nitrogen and oxygen atoms in total. The van der Waals surface area contributed by atoms with Crippen LogP contribution in [0.1, 0.15) is 25.8 Å². The van der Waals surface area contributed by atoms with Gasteiger partial charge in [-0.05, 0) is 49.7 Å². The van der Waals surface area contributed by atoms with Gasteiger partial charge in [-0.15, -0.1) is 0 Å². The number of carbonyl (C=O) groups is 2. The van der Waals surface area contributed by atoms with E-state index in [0.29, 0.717) is 12.1 Å². The first kappa shape index (κ1) is 30.9. The summed E-state index contributed by atoms with van der Waals surface area (Å²) in [5.74, 6) is -1.12. The highest BCUT2D eigenvalue weighted by atomic mass is 35.5. The van der Waals surface area contributed by atoms with Crippen LogP contribution in [0.15, 0.2) is 77.7 Å². The van der Waals surface area contributed by atoms with Gasteiger partial charge in [0.2, 0.25) is 11.8 Å². The molecule has 0 saturated heterocycles. The second kappa shape index (κ2) is 13.6. The predicted octanol–water partition coefficient (Wildman–Crippen LogP) is 5.04. The molecule has 0 aliphatic rings. The lowest BCUT2D eigenvalue weighted by Gasteiger charge is -2.33. The lowest BCUT2D eigenvalue weighted by molar-refractivity contribution is -0.384. The topological polar surface area (TPSA) is 130 Å². The molecule has 3 aromatic carbocycles. The van der Waals surface area contributed by atoms with Crippen molar-refractivity contribution in [1.82, 2.24) is 10.2 Å². The van der Waals surface area contributed by atoms with Crippen LogP contribution < -0.4 is 9.62 Å². The number of hydrogen-bond acceptors (Lipinski definition) is 6. The van der Waals surface area contributed by atoms with E-state index in [1.807, 2.05) is 0 Å². The summed E-state index contributed by atoms with van der Waals surface area (Å²) < 4.78 is 28.4. The number of nitrogens with one attached hydrogen (secondary N) is 1. The number of benzene rings is 3. The van der Waals surface area contributed by atoms with Crippen molar-refractivity contribution in [2.24, 2.45) is 0 Å². The first-order chi connectivity index (χ1) is 19.0. The molecular formula is C27H28Cl2N4O6S. The van der Waals surface area contributed by atoms with Crippen molar-refractivity contribution in [3.05, 3.63) is 98.5 Å². The van der Waals surface area contributed by atoms with Gasteiger partial charge in [0.15, 0.2) is 0 Å². The molecule has 0 aromatic heterocycles. The number of carbonyl (C=O) groups excluding carboxylic acids is 2. The van der Waals surface area contributed by atoms with Crippen LogP contribution >= 0.6 is 23.2 Å². The molecule has 212 valence electrons. The van der Waals surface area contributed by atoms with Gasteiger partial charge in [-0.25, -0.2) is 8.42 Å². The maximum absolute atomic E-state index is 14.0. The van der Waals surface area contributed by atoms with Crippen LogP contribution in [-0.2, 0) is 26.2 Å². The van der Waals surface area contributed by atoms with E-state index < -0.39 is 39.3 Å². The standard InChI is InChI=1S/C27H28Cl2N4O6S/c1-3-25(27(35)30-4-2)31(17-22-23(28)11-8-12-24(22)29)26(34)18-32(19-13-15-20(16-14-19)33(36)37)40(38,39)21-9-6-5-7-10-21/h5-16,25H,3-4,17-18H2,1-2H3,(H,30,35)/t25-/m0/s1. The predicted molar refractivity (Wildman–Crippen MR) is 154 cm³/mol. The van der Waals surface area contributed by atoms with Crippen LogP contribution in [-0.4, -0.2) is 49.2 Å². The highest BCUT2D eigenvalue weighted by Gasteiger charge is 2.34. The molecule has 2 amide bonds. The van der Waals surface area contributed by atoms with Crippen LogP contribution in [0.2, 0.25) is 10.0 Å². The number of nitro groups is 1. The summed E-state index contributed by atoms with van der Waals surface area (Å²) in [7, 11) is -4.30. The zero-order chi connectivity index (χ0) is 29.4. The Morgan fingerprint density at radius 3 is 2.08 bits per heavy atom. The molecule has 0 fully saturated rings. The fourth-order valence-corrected chi connectivity index (χ4v) is 6.01. The summed E-state index contributed by atoms with van der Waals surface area (Å²) in [6.07, 6.45) is 0.225. The number of anilines is 1. The smallest absolute Gasteiger partial charge is 0.269 e. The van der Waals surface area contributed by atoms with Gasteiger partial charge in [0.05, 0.1) is 15.5 Å². The molecule has 0 bridgehead atoms. The monoisotopic (exact) mass is 606 g/mol. The highest BCUT2D eigenvalue weighted by Crippen LogP contribution is 2.29. The second-order valence-electron chi connectivity index (χ2n) is 8.64. The van der Waals surface area contributed by atoms with Gasteiger partial charge < -0.3 is 10.2 Å². The number of rotatable bonds is 12. The molecule has 40 heavy (non-hydrogen) atoms. The Bertz CT molecular complexity index is 1450. The highest BCUT2D eigenvalue weighted by molar-refractivity contribution is 7.92. The molecule has 0 unspecified atom stereocenters. The fraction of sp³-hybridized carbons (Fsp3) is 0.259. The Labute approximate surface area is 242 Å². The number of sulfonamides is 1. The molecule has 1 N–H and O–H groups in total. The van der Waals surface area contributed by atoms with Gasteiger partial charge in [0, 0.05) is 40.8 Å². The van der Waals surface area contributed by atoms with E-state index in [2.05, 4.69) is 5.32 Å². The van der Waals surface area contributed by atoms with E-state index in [1.54, 1.807) is 38.1 Å². The van der Waals surface area contributed by atoms with E-state index in [1.165, 1.54) is 41.3 Å². The first-order valence-corrected chi connectivity index (χ1v) is 14.5. The minimum Gasteiger partial charge on any atom is -0.355 e. The Morgan fingerprint density at radius 1 is 0.950 bits per heavy atom. The van der Waals surface area contributed by atoms with Crippen molar-refractivity contribution in [3.63, 3.8) is 0 Å². The van der Waals surface area contributed by atoms with Crippen molar-refractivity contribution in [2.45, 2.75) is 37.8 Å². The summed E-state index contributed by atoms with van der Waals surface area (Å²) in [6, 6.07) is 16.2. The normalized spacial score (nSPS) is 11.9. The van der Waals surface area contributed by atoms with Gasteiger partial charge in [-0.1, -0.05) is 54.4 Å². The molecule has 0 spiro atoms. The fourth-order valence-electron chi connectivity index (χ4n) is 4.05. The molecule has 13 heteroatoms. The van der Waals surface area contributed by atoms with E-state index in [-0.39, 0.29) is 39.3 Å². The third-order valence-corrected chi connectivity index (χ3v) is 8.58. The Morgan fingerprint density at radius 2 is 1.55 bits per heavy atom. The van der Waals surface area contributed by atoms with Gasteiger partial charge in [-0.3, -0.25) is 24.0 Å². The molecule has 0 aliphatic carbocycles. The Kier molecular flexibility index (Phi) is 10.5. The largest absolute Gasteiger partial charge is 0.355 e. The number of likely N-dealkylation sites (N-methyl/N-ethyl adjacent to an activating group) is 1. The lowest BCUT2D eigenvalue weighted by Crippen LogP contribution is -2.52. The second-order valence-corrected chi connectivity index (χ2v) is 11.3. The summed E-state index contributed by atoms with van der Waals surface area (Å²) in [4.78, 5) is 38.7. The maximum Gasteiger partial charge on any atom is 0.269 e. The summed E-state index contributed by atoms with van der Waals surface area (Å²) in [6.45, 7) is 2.93. The van der Waals surface area contributed by atoms with Gasteiger partial charge in [0.1, 0.15) is 12.6 Å². The van der Waals surface area contributed by atoms with Crippen LogP contribution in [0.3, 0.4) is 0 Å². The van der Waals surface area contributed by atoms with Crippen LogP contribution in [0.5, 0.6) is 0 Å². The van der Waals surface area contributed by atoms with Crippen molar-refractivity contribution in [1.29, 1.82) is 0 Å². The molecular weight excluding hydrogens is 579 g/mol. The molecule has 0 saturated carbocycles. The lowest BCUT2D eigenvalue weighted by atomic mass is 10.1. The average molecular weight is 608 g/mol. The molecule has 0 radical (unpaired) electrons. The molecule has 0 aliphatic heterocycles. The maximum atomic E-state index is 14.0. The van der Waals surface area contributed by atoms with Crippen LogP contribution in [0, 0.1) is 10.1 Å². The Hall–Kier alpha value is -3.67. The van der Waals surface area contributed by atoms with Crippen molar-refractivity contribution in [2.75, 3.05) is 17.4 Å². The summed E-state index contributed by atoms with van der Waals surface area (Å²) in [5, 5.41) is 14.4. The zero-order valence-corrected chi connectivity index (χ0v) is 24.1. The van der Waals surface area contributed by atoms with E-state index in [0.717, 1.165) is 16.4 Å². The number of non-ortho nitro benzene ring substituents is 1. The van der Waals surface area contributed by atoms with Gasteiger partial charge in [0.25, 0.3) is 15.7 Å². The third-order valence-electron chi connectivity index (χ3n) is 6.09. The summed E-state index contributed by atoms with van der Waals surface area (Å²) >= 11 is 12.8. The van der Waals surface area contributed by atoms with Crippen LogP contribution in [0.4, 0.5) is 11.4 Å². The molecule has 0 heterocycles. The molecule has 1 atom stereocenters. The minimum absolute atomic E-state index is 0.0320. The summed E-state index contributed by atoms with van der Waals surface area (Å²) in [5.41, 5.74) is 0.184. The van der Waals surface area contributed by atoms with Crippen LogP contribution in [0.25, 0.3) is 0 Å². The van der Waals surface area contributed by atoms with E-state index in [4.69, 9.17) is 23.2 Å². The molecule has 3 aromatic rings. The number of nitro benzene ring substituents is 1. The number of halogens is 2. The zero-order valence-electron chi connectivity index (χ0n) is 21.8. The number of hydrogen-bond donors (Lipinski definition) is 1. The van der Waals surface area contributed by atoms with E-state index >= 15 is 0 Å². The SMILES string of the molecule is CCNC(=O)[C@H](CC)N(Cc1c(Cl)cccc1Cl)C(=O)CN(c1ccc([N+](=O)[O-])cc1)S(=O)(=O)c1ccccc1.